The van der Waals surface area contributed by atoms with E-state index in [2.05, 4.69) is 15.9 Å². The Morgan fingerprint density at radius 3 is 2.45 bits per heavy atom. The molecule has 5 heteroatoms. The maximum Gasteiger partial charge on any atom is 0.335 e. The van der Waals surface area contributed by atoms with Crippen LogP contribution >= 0.6 is 15.9 Å². The van der Waals surface area contributed by atoms with Crippen LogP contribution in [-0.2, 0) is 0 Å². The van der Waals surface area contributed by atoms with Crippen LogP contribution < -0.4 is 9.47 Å². The molecule has 0 unspecified atom stereocenters. The quantitative estimate of drug-likeness (QED) is 0.882. The van der Waals surface area contributed by atoms with Gasteiger partial charge in [0.05, 0.1) is 16.6 Å². The Labute approximate surface area is 125 Å². The van der Waals surface area contributed by atoms with Crippen LogP contribution in [0.15, 0.2) is 46.9 Å². The van der Waals surface area contributed by atoms with E-state index < -0.39 is 5.97 Å². The SMILES string of the molecule is CCOc1ccccc1Oc1ccc(C(=O)O)cc1Br. The standard InChI is InChI=1S/C15H13BrO4/c1-2-19-13-5-3-4-6-14(13)20-12-8-7-10(15(17)18)9-11(12)16/h3-9H,2H2,1H3,(H,17,18). The molecule has 20 heavy (non-hydrogen) atoms. The first-order valence-electron chi connectivity index (χ1n) is 6.04. The second-order valence-corrected chi connectivity index (χ2v) is 4.79. The summed E-state index contributed by atoms with van der Waals surface area (Å²) in [6.07, 6.45) is 0. The van der Waals surface area contributed by atoms with Gasteiger partial charge in [0.25, 0.3) is 0 Å². The molecule has 0 saturated carbocycles. The number of hydrogen-bond donors (Lipinski definition) is 1. The highest BCUT2D eigenvalue weighted by Gasteiger charge is 2.10. The van der Waals surface area contributed by atoms with E-state index in [1.165, 1.54) is 12.1 Å². The van der Waals surface area contributed by atoms with Gasteiger partial charge in [-0.25, -0.2) is 4.79 Å². The minimum absolute atomic E-state index is 0.197. The first-order valence-corrected chi connectivity index (χ1v) is 6.83. The number of carboxylic acids is 1. The fourth-order valence-corrected chi connectivity index (χ4v) is 2.10. The second kappa shape index (κ2) is 6.43. The molecule has 0 saturated heterocycles. The minimum Gasteiger partial charge on any atom is -0.490 e. The molecule has 104 valence electrons. The summed E-state index contributed by atoms with van der Waals surface area (Å²) in [5, 5.41) is 8.92. The normalized spacial score (nSPS) is 10.1. The van der Waals surface area contributed by atoms with Crippen LogP contribution in [-0.4, -0.2) is 17.7 Å². The van der Waals surface area contributed by atoms with Crippen LogP contribution in [0.5, 0.6) is 17.2 Å². The summed E-state index contributed by atoms with van der Waals surface area (Å²) in [7, 11) is 0. The van der Waals surface area contributed by atoms with Gasteiger partial charge in [0, 0.05) is 0 Å². The smallest absolute Gasteiger partial charge is 0.335 e. The average molecular weight is 337 g/mol. The highest BCUT2D eigenvalue weighted by Crippen LogP contribution is 2.35. The Hall–Kier alpha value is -2.01. The van der Waals surface area contributed by atoms with E-state index >= 15 is 0 Å². The van der Waals surface area contributed by atoms with Gasteiger partial charge < -0.3 is 14.6 Å². The Balaban J connectivity index is 2.28. The van der Waals surface area contributed by atoms with Crippen molar-refractivity contribution in [2.75, 3.05) is 6.61 Å². The first kappa shape index (κ1) is 14.4. The predicted octanol–water partition coefficient (Wildman–Crippen LogP) is 4.34. The maximum atomic E-state index is 10.9. The molecule has 1 N–H and O–H groups in total. The van der Waals surface area contributed by atoms with Crippen molar-refractivity contribution in [3.8, 4) is 17.2 Å². The van der Waals surface area contributed by atoms with Crippen LogP contribution in [0.3, 0.4) is 0 Å². The van der Waals surface area contributed by atoms with Gasteiger partial charge in [0.15, 0.2) is 11.5 Å². The fraction of sp³-hybridized carbons (Fsp3) is 0.133. The Morgan fingerprint density at radius 1 is 1.15 bits per heavy atom. The molecule has 0 radical (unpaired) electrons. The van der Waals surface area contributed by atoms with Crippen molar-refractivity contribution in [1.82, 2.24) is 0 Å². The summed E-state index contributed by atoms with van der Waals surface area (Å²) >= 11 is 3.31. The molecule has 0 bridgehead atoms. The van der Waals surface area contributed by atoms with E-state index in [0.29, 0.717) is 28.3 Å². The van der Waals surface area contributed by atoms with Crippen molar-refractivity contribution >= 4 is 21.9 Å². The second-order valence-electron chi connectivity index (χ2n) is 3.93. The van der Waals surface area contributed by atoms with Gasteiger partial charge in [-0.3, -0.25) is 0 Å². The van der Waals surface area contributed by atoms with Gasteiger partial charge in [-0.05, 0) is 53.2 Å². The number of carbonyl (C=O) groups is 1. The molecule has 4 nitrogen and oxygen atoms in total. The summed E-state index contributed by atoms with van der Waals surface area (Å²) in [5.74, 6) is 0.774. The van der Waals surface area contributed by atoms with E-state index in [-0.39, 0.29) is 5.56 Å². The molecule has 0 aromatic heterocycles. The molecule has 0 fully saturated rings. The summed E-state index contributed by atoms with van der Waals surface area (Å²) in [6.45, 7) is 2.44. The molecule has 0 aliphatic carbocycles. The van der Waals surface area contributed by atoms with Crippen molar-refractivity contribution in [3.63, 3.8) is 0 Å². The third kappa shape index (κ3) is 3.30. The lowest BCUT2D eigenvalue weighted by molar-refractivity contribution is 0.0697. The molecule has 2 rings (SSSR count). The van der Waals surface area contributed by atoms with Crippen LogP contribution in [0, 0.1) is 0 Å². The van der Waals surface area contributed by atoms with Crippen molar-refractivity contribution in [3.05, 3.63) is 52.5 Å². The molecular formula is C15H13BrO4. The van der Waals surface area contributed by atoms with Gasteiger partial charge in [-0.15, -0.1) is 0 Å². The summed E-state index contributed by atoms with van der Waals surface area (Å²) in [4.78, 5) is 10.9. The van der Waals surface area contributed by atoms with E-state index in [1.54, 1.807) is 12.1 Å². The van der Waals surface area contributed by atoms with Crippen LogP contribution in [0.2, 0.25) is 0 Å². The summed E-state index contributed by atoms with van der Waals surface area (Å²) in [6, 6.07) is 11.9. The van der Waals surface area contributed by atoms with Gasteiger partial charge in [-0.1, -0.05) is 12.1 Å². The van der Waals surface area contributed by atoms with Crippen LogP contribution in [0.25, 0.3) is 0 Å². The van der Waals surface area contributed by atoms with Crippen LogP contribution in [0.4, 0.5) is 0 Å². The van der Waals surface area contributed by atoms with E-state index in [9.17, 15) is 4.79 Å². The molecule has 0 aliphatic rings. The van der Waals surface area contributed by atoms with Crippen molar-refractivity contribution in [1.29, 1.82) is 0 Å². The largest absolute Gasteiger partial charge is 0.490 e. The number of aromatic carboxylic acids is 1. The Bertz CT molecular complexity index is 625. The lowest BCUT2D eigenvalue weighted by atomic mass is 10.2. The highest BCUT2D eigenvalue weighted by atomic mass is 79.9. The molecule has 0 amide bonds. The zero-order valence-electron chi connectivity index (χ0n) is 10.8. The zero-order chi connectivity index (χ0) is 14.5. The summed E-state index contributed by atoms with van der Waals surface area (Å²) in [5.41, 5.74) is 0.197. The van der Waals surface area contributed by atoms with Gasteiger partial charge in [0.1, 0.15) is 5.75 Å². The highest BCUT2D eigenvalue weighted by molar-refractivity contribution is 9.10. The van der Waals surface area contributed by atoms with Gasteiger partial charge >= 0.3 is 5.97 Å². The number of hydrogen-bond acceptors (Lipinski definition) is 3. The fourth-order valence-electron chi connectivity index (χ4n) is 1.64. The third-order valence-electron chi connectivity index (χ3n) is 2.55. The summed E-state index contributed by atoms with van der Waals surface area (Å²) < 4.78 is 11.8. The number of carboxylic acid groups (broad SMARTS) is 1. The van der Waals surface area contributed by atoms with Gasteiger partial charge in [-0.2, -0.15) is 0 Å². The Kier molecular flexibility index (Phi) is 4.63. The molecular weight excluding hydrogens is 324 g/mol. The average Bonchev–Trinajstić information content (AvgIpc) is 2.43. The van der Waals surface area contributed by atoms with E-state index in [0.717, 1.165) is 0 Å². The number of benzene rings is 2. The molecule has 0 atom stereocenters. The predicted molar refractivity (Wildman–Crippen MR) is 78.8 cm³/mol. The monoisotopic (exact) mass is 336 g/mol. The van der Waals surface area contributed by atoms with E-state index in [1.807, 2.05) is 25.1 Å². The lowest BCUT2D eigenvalue weighted by Gasteiger charge is -2.12. The van der Waals surface area contributed by atoms with Crippen molar-refractivity contribution in [2.24, 2.45) is 0 Å². The first-order chi connectivity index (χ1) is 9.61. The maximum absolute atomic E-state index is 10.9. The van der Waals surface area contributed by atoms with Gasteiger partial charge in [0.2, 0.25) is 0 Å². The minimum atomic E-state index is -0.980. The molecule has 0 heterocycles. The number of rotatable bonds is 5. The van der Waals surface area contributed by atoms with Crippen molar-refractivity contribution < 1.29 is 19.4 Å². The lowest BCUT2D eigenvalue weighted by Crippen LogP contribution is -1.97. The number of para-hydroxylation sites is 2. The number of halogens is 1. The molecule has 2 aromatic carbocycles. The Morgan fingerprint density at radius 2 is 1.85 bits per heavy atom. The van der Waals surface area contributed by atoms with Crippen molar-refractivity contribution in [2.45, 2.75) is 6.92 Å². The molecule has 0 spiro atoms. The third-order valence-corrected chi connectivity index (χ3v) is 3.17. The topological polar surface area (TPSA) is 55.8 Å². The molecule has 0 aliphatic heterocycles. The zero-order valence-corrected chi connectivity index (χ0v) is 12.4. The van der Waals surface area contributed by atoms with Crippen LogP contribution in [0.1, 0.15) is 17.3 Å². The van der Waals surface area contributed by atoms with E-state index in [4.69, 9.17) is 14.6 Å². The molecule has 2 aromatic rings. The number of ether oxygens (including phenoxy) is 2.